The maximum atomic E-state index is 5.45. The zero-order chi connectivity index (χ0) is 20.4. The molecule has 0 unspecified atom stereocenters. The molecule has 0 radical (unpaired) electrons. The second-order valence-corrected chi connectivity index (χ2v) is 10.2. The minimum atomic E-state index is -2.33. The molecule has 0 spiro atoms. The summed E-state index contributed by atoms with van der Waals surface area (Å²) in [5.74, 6) is 0. The van der Waals surface area contributed by atoms with Crippen molar-refractivity contribution >= 4 is 33.9 Å². The average Bonchev–Trinajstić information content (AvgIpc) is 3.14. The molecule has 1 aromatic heterocycles. The van der Waals surface area contributed by atoms with Gasteiger partial charge >= 0.3 is 0 Å². The molecule has 0 aliphatic heterocycles. The second kappa shape index (κ2) is 7.78. The van der Waals surface area contributed by atoms with Crippen LogP contribution in [0.4, 0.5) is 0 Å². The fourth-order valence-electron chi connectivity index (χ4n) is 3.90. The molecule has 0 saturated heterocycles. The van der Waals surface area contributed by atoms with Crippen LogP contribution in [0.25, 0.3) is 10.9 Å². The highest BCUT2D eigenvalue weighted by molar-refractivity contribution is 7.87. The normalized spacial score (nSPS) is 11.5. The molecule has 0 amide bonds. The van der Waals surface area contributed by atoms with Crippen LogP contribution in [0.5, 0.6) is 0 Å². The second-order valence-electron chi connectivity index (χ2n) is 7.22. The summed E-state index contributed by atoms with van der Waals surface area (Å²) in [5, 5.41) is 9.61. The number of aromatic nitrogens is 2. The number of hydrogen-bond acceptors (Lipinski definition) is 2. The van der Waals surface area contributed by atoms with E-state index in [4.69, 9.17) is 9.95 Å². The smallest absolute Gasteiger partial charge is 0.0948 e. The number of hydrogen-bond donors (Lipinski definition) is 0. The van der Waals surface area contributed by atoms with Gasteiger partial charge in [-0.05, 0) is 13.0 Å². The molecule has 4 heteroatoms. The third-order valence-electron chi connectivity index (χ3n) is 5.40. The first kappa shape index (κ1) is 18.6. The Morgan fingerprint density at radius 1 is 0.600 bits per heavy atom. The lowest BCUT2D eigenvalue weighted by molar-refractivity contribution is 0.736. The first-order valence-electron chi connectivity index (χ1n) is 10.0. The lowest BCUT2D eigenvalue weighted by atomic mass is 10.2. The number of benzene rings is 4. The molecule has 1 heterocycles. The van der Waals surface area contributed by atoms with Crippen molar-refractivity contribution in [2.45, 2.75) is 6.92 Å². The minimum Gasteiger partial charge on any atom is -0.158 e. The van der Waals surface area contributed by atoms with Gasteiger partial charge in [0.2, 0.25) is 0 Å². The summed E-state index contributed by atoms with van der Waals surface area (Å²) in [5.41, 5.74) is 2.02. The van der Waals surface area contributed by atoms with Crippen molar-refractivity contribution in [1.82, 2.24) is 9.89 Å². The molecule has 3 nitrogen and oxygen atoms in total. The molecule has 0 N–H and O–H groups in total. The summed E-state index contributed by atoms with van der Waals surface area (Å²) in [7, 11) is -2.33. The highest BCUT2D eigenvalue weighted by atomic mass is 31.2. The fraction of sp³-hybridized carbons (Fsp3) is 0.0385. The van der Waals surface area contributed by atoms with Gasteiger partial charge in [0.05, 0.1) is 18.3 Å². The Bertz CT molecular complexity index is 1240. The van der Waals surface area contributed by atoms with Crippen molar-refractivity contribution < 1.29 is 0 Å². The van der Waals surface area contributed by atoms with Crippen molar-refractivity contribution in [2.24, 2.45) is 4.85 Å². The van der Waals surface area contributed by atoms with Crippen LogP contribution in [0.3, 0.4) is 0 Å². The van der Waals surface area contributed by atoms with Gasteiger partial charge < -0.3 is 0 Å². The molecule has 4 aromatic carbocycles. The molecule has 0 saturated carbocycles. The van der Waals surface area contributed by atoms with Gasteiger partial charge in [-0.2, -0.15) is 14.7 Å². The topological polar surface area (TPSA) is 30.2 Å². The van der Waals surface area contributed by atoms with E-state index in [9.17, 15) is 0 Å². The molecule has 0 fully saturated rings. The predicted molar refractivity (Wildman–Crippen MR) is 127 cm³/mol. The van der Waals surface area contributed by atoms with Crippen LogP contribution in [0.2, 0.25) is 0 Å². The maximum Gasteiger partial charge on any atom is 0.0948 e. The van der Waals surface area contributed by atoms with Crippen molar-refractivity contribution in [2.75, 3.05) is 0 Å². The Morgan fingerprint density at radius 2 is 1.03 bits per heavy atom. The SMILES string of the molecule is Cc1c2ccccc2nn1N=P(c1ccccc1)(c1ccccc1)c1ccccc1. The molecule has 0 aliphatic carbocycles. The van der Waals surface area contributed by atoms with Gasteiger partial charge in [0.25, 0.3) is 0 Å². The molecule has 0 atom stereocenters. The van der Waals surface area contributed by atoms with E-state index in [1.165, 1.54) is 15.9 Å². The monoisotopic (exact) mass is 407 g/mol. The number of nitrogens with zero attached hydrogens (tertiary/aromatic N) is 3. The van der Waals surface area contributed by atoms with Crippen LogP contribution >= 0.6 is 7.05 Å². The van der Waals surface area contributed by atoms with Crippen LogP contribution in [-0.4, -0.2) is 9.89 Å². The van der Waals surface area contributed by atoms with Crippen LogP contribution in [-0.2, 0) is 0 Å². The summed E-state index contributed by atoms with van der Waals surface area (Å²) in [6.45, 7) is 2.09. The number of aryl methyl sites for hydroxylation is 1. The van der Waals surface area contributed by atoms with Crippen molar-refractivity contribution in [3.63, 3.8) is 0 Å². The molecule has 5 aromatic rings. The molecule has 0 bridgehead atoms. The van der Waals surface area contributed by atoms with Crippen LogP contribution < -0.4 is 15.9 Å². The zero-order valence-corrected chi connectivity index (χ0v) is 17.7. The Kier molecular flexibility index (Phi) is 4.82. The van der Waals surface area contributed by atoms with E-state index in [1.54, 1.807) is 0 Å². The Morgan fingerprint density at radius 3 is 1.50 bits per heavy atom. The summed E-state index contributed by atoms with van der Waals surface area (Å²) < 4.78 is 0. The van der Waals surface area contributed by atoms with Gasteiger partial charge in [-0.3, -0.25) is 0 Å². The van der Waals surface area contributed by atoms with E-state index in [-0.39, 0.29) is 0 Å². The van der Waals surface area contributed by atoms with Gasteiger partial charge in [-0.1, -0.05) is 109 Å². The first-order valence-corrected chi connectivity index (χ1v) is 11.8. The van der Waals surface area contributed by atoms with Crippen molar-refractivity contribution in [3.8, 4) is 0 Å². The number of rotatable bonds is 4. The maximum absolute atomic E-state index is 5.45. The summed E-state index contributed by atoms with van der Waals surface area (Å²) in [6, 6.07) is 40.1. The summed E-state index contributed by atoms with van der Waals surface area (Å²) in [4.78, 5) is 7.31. The van der Waals surface area contributed by atoms with Crippen LogP contribution in [0.1, 0.15) is 5.69 Å². The molecule has 0 aliphatic rings. The predicted octanol–water partition coefficient (Wildman–Crippen LogP) is 5.29. The van der Waals surface area contributed by atoms with Gasteiger partial charge in [-0.25, -0.2) is 0 Å². The quantitative estimate of drug-likeness (QED) is 0.373. The summed E-state index contributed by atoms with van der Waals surface area (Å²) in [6.07, 6.45) is 0. The molecule has 30 heavy (non-hydrogen) atoms. The van der Waals surface area contributed by atoms with Crippen molar-refractivity contribution in [3.05, 3.63) is 121 Å². The highest BCUT2D eigenvalue weighted by Crippen LogP contribution is 2.46. The largest absolute Gasteiger partial charge is 0.158 e. The molecular weight excluding hydrogens is 385 g/mol. The molecule has 5 rings (SSSR count). The van der Waals surface area contributed by atoms with E-state index in [0.717, 1.165) is 16.6 Å². The Labute approximate surface area is 176 Å². The first-order chi connectivity index (χ1) is 14.8. The lowest BCUT2D eigenvalue weighted by Gasteiger charge is -2.26. The number of fused-ring (bicyclic) bond motifs is 1. The lowest BCUT2D eigenvalue weighted by Crippen LogP contribution is -2.26. The summed E-state index contributed by atoms with van der Waals surface area (Å²) >= 11 is 0. The minimum absolute atomic E-state index is 0.964. The fourth-order valence-corrected chi connectivity index (χ4v) is 7.34. The van der Waals surface area contributed by atoms with Gasteiger partial charge in [0.1, 0.15) is 0 Å². The Balaban J connectivity index is 1.93. The highest BCUT2D eigenvalue weighted by Gasteiger charge is 2.28. The third kappa shape index (κ3) is 3.08. The standard InChI is InChI=1S/C26H22N3P/c1-21-25-19-11-12-20-26(25)27-29(21)28-30(22-13-5-2-6-14-22,23-15-7-3-8-16-23)24-17-9-4-10-18-24/h2-20H,1H3. The van der Waals surface area contributed by atoms with Gasteiger partial charge in [0, 0.05) is 21.3 Å². The average molecular weight is 407 g/mol. The van der Waals surface area contributed by atoms with E-state index >= 15 is 0 Å². The molecule has 146 valence electrons. The Hall–Kier alpha value is -3.42. The van der Waals surface area contributed by atoms with Gasteiger partial charge in [0.15, 0.2) is 0 Å². The van der Waals surface area contributed by atoms with E-state index in [2.05, 4.69) is 110 Å². The van der Waals surface area contributed by atoms with Crippen molar-refractivity contribution in [1.29, 1.82) is 0 Å². The van der Waals surface area contributed by atoms with E-state index in [1.807, 2.05) is 16.9 Å². The van der Waals surface area contributed by atoms with E-state index in [0.29, 0.717) is 0 Å². The third-order valence-corrected chi connectivity index (χ3v) is 8.98. The molecular formula is C26H22N3P. The van der Waals surface area contributed by atoms with Gasteiger partial charge in [-0.15, -0.1) is 0 Å². The van der Waals surface area contributed by atoms with Crippen LogP contribution in [0.15, 0.2) is 120 Å². The van der Waals surface area contributed by atoms with Crippen LogP contribution in [0, 0.1) is 6.92 Å². The zero-order valence-electron chi connectivity index (χ0n) is 16.8. The van der Waals surface area contributed by atoms with E-state index < -0.39 is 7.05 Å².